The van der Waals surface area contributed by atoms with Crippen LogP contribution >= 0.6 is 0 Å². The van der Waals surface area contributed by atoms with Crippen molar-refractivity contribution in [3.05, 3.63) is 65.7 Å². The van der Waals surface area contributed by atoms with Crippen LogP contribution in [0.2, 0.25) is 0 Å². The number of hydrogen-bond acceptors (Lipinski definition) is 3. The Labute approximate surface area is 156 Å². The van der Waals surface area contributed by atoms with Crippen LogP contribution in [0.5, 0.6) is 5.75 Å². The standard InChI is InChI=1S/C22H28N2O2/c1-17(19-8-4-3-5-9-19)23-22(25)20-11-13-24(14-12-20)16-18-7-6-10-21(15-18)26-2/h3-10,15,17,20H,11-14,16H2,1-2H3,(H,23,25). The van der Waals surface area contributed by atoms with Gasteiger partial charge in [0.15, 0.2) is 0 Å². The van der Waals surface area contributed by atoms with Gasteiger partial charge in [-0.3, -0.25) is 9.69 Å². The molecule has 3 rings (SSSR count). The number of likely N-dealkylation sites (tertiary alicyclic amines) is 1. The number of piperidine rings is 1. The first-order chi connectivity index (χ1) is 12.7. The fraction of sp³-hybridized carbons (Fsp3) is 0.409. The molecule has 2 aromatic rings. The molecule has 0 bridgehead atoms. The number of hydrogen-bond donors (Lipinski definition) is 1. The van der Waals surface area contributed by atoms with Gasteiger partial charge < -0.3 is 10.1 Å². The van der Waals surface area contributed by atoms with E-state index in [4.69, 9.17) is 4.74 Å². The molecule has 1 heterocycles. The van der Waals surface area contributed by atoms with E-state index in [1.807, 2.05) is 37.3 Å². The fourth-order valence-corrected chi connectivity index (χ4v) is 3.54. The lowest BCUT2D eigenvalue weighted by Gasteiger charge is -2.32. The van der Waals surface area contributed by atoms with Gasteiger partial charge in [-0.15, -0.1) is 0 Å². The molecule has 2 aromatic carbocycles. The number of nitrogens with zero attached hydrogens (tertiary/aromatic N) is 1. The normalized spacial score (nSPS) is 16.8. The Hall–Kier alpha value is -2.33. The third-order valence-corrected chi connectivity index (χ3v) is 5.16. The van der Waals surface area contributed by atoms with Gasteiger partial charge in [0, 0.05) is 12.5 Å². The Morgan fingerprint density at radius 2 is 1.88 bits per heavy atom. The van der Waals surface area contributed by atoms with Crippen LogP contribution in [-0.2, 0) is 11.3 Å². The van der Waals surface area contributed by atoms with Gasteiger partial charge in [-0.25, -0.2) is 0 Å². The van der Waals surface area contributed by atoms with Crippen molar-refractivity contribution in [3.63, 3.8) is 0 Å². The van der Waals surface area contributed by atoms with E-state index >= 15 is 0 Å². The molecule has 0 saturated carbocycles. The molecule has 1 fully saturated rings. The number of amides is 1. The highest BCUT2D eigenvalue weighted by atomic mass is 16.5. The smallest absolute Gasteiger partial charge is 0.223 e. The Morgan fingerprint density at radius 1 is 1.15 bits per heavy atom. The van der Waals surface area contributed by atoms with E-state index in [0.717, 1.165) is 43.8 Å². The van der Waals surface area contributed by atoms with E-state index < -0.39 is 0 Å². The van der Waals surface area contributed by atoms with Crippen molar-refractivity contribution in [3.8, 4) is 5.75 Å². The second-order valence-corrected chi connectivity index (χ2v) is 7.04. The Bertz CT molecular complexity index is 709. The van der Waals surface area contributed by atoms with Crippen LogP contribution < -0.4 is 10.1 Å². The second kappa shape index (κ2) is 8.86. The molecule has 0 aliphatic carbocycles. The minimum Gasteiger partial charge on any atom is -0.497 e. The lowest BCUT2D eigenvalue weighted by atomic mass is 9.95. The monoisotopic (exact) mass is 352 g/mol. The Balaban J connectivity index is 1.47. The van der Waals surface area contributed by atoms with Crippen molar-refractivity contribution in [1.29, 1.82) is 0 Å². The molecule has 1 atom stereocenters. The summed E-state index contributed by atoms with van der Waals surface area (Å²) in [6.45, 7) is 4.86. The predicted molar refractivity (Wildman–Crippen MR) is 104 cm³/mol. The van der Waals surface area contributed by atoms with Gasteiger partial charge >= 0.3 is 0 Å². The summed E-state index contributed by atoms with van der Waals surface area (Å²) in [5.41, 5.74) is 2.40. The van der Waals surface area contributed by atoms with Crippen LogP contribution in [-0.4, -0.2) is 31.0 Å². The van der Waals surface area contributed by atoms with Gasteiger partial charge in [-0.05, 0) is 56.1 Å². The second-order valence-electron chi connectivity index (χ2n) is 7.04. The molecular formula is C22H28N2O2. The van der Waals surface area contributed by atoms with Gasteiger partial charge in [0.2, 0.25) is 5.91 Å². The third-order valence-electron chi connectivity index (χ3n) is 5.16. The zero-order chi connectivity index (χ0) is 18.4. The maximum atomic E-state index is 12.6. The molecule has 1 aliphatic heterocycles. The van der Waals surface area contributed by atoms with Gasteiger partial charge in [0.25, 0.3) is 0 Å². The lowest BCUT2D eigenvalue weighted by molar-refractivity contribution is -0.127. The van der Waals surface area contributed by atoms with Gasteiger partial charge in [0.05, 0.1) is 13.2 Å². The molecule has 0 radical (unpaired) electrons. The molecule has 1 unspecified atom stereocenters. The third kappa shape index (κ3) is 4.85. The summed E-state index contributed by atoms with van der Waals surface area (Å²) in [6.07, 6.45) is 1.83. The van der Waals surface area contributed by atoms with Gasteiger partial charge in [0.1, 0.15) is 5.75 Å². The summed E-state index contributed by atoms with van der Waals surface area (Å²) in [4.78, 5) is 15.0. The van der Waals surface area contributed by atoms with Crippen LogP contribution in [0, 0.1) is 5.92 Å². The molecule has 1 saturated heterocycles. The SMILES string of the molecule is COc1cccc(CN2CCC(C(=O)NC(C)c3ccccc3)CC2)c1. The number of carbonyl (C=O) groups excluding carboxylic acids is 1. The summed E-state index contributed by atoms with van der Waals surface area (Å²) in [5, 5.41) is 3.17. The van der Waals surface area contributed by atoms with Crippen molar-refractivity contribution in [2.45, 2.75) is 32.4 Å². The lowest BCUT2D eigenvalue weighted by Crippen LogP contribution is -2.40. The van der Waals surface area contributed by atoms with E-state index in [9.17, 15) is 4.79 Å². The predicted octanol–water partition coefficient (Wildman–Crippen LogP) is 3.78. The van der Waals surface area contributed by atoms with Crippen LogP contribution in [0.1, 0.15) is 36.9 Å². The van der Waals surface area contributed by atoms with E-state index in [0.29, 0.717) is 0 Å². The van der Waals surface area contributed by atoms with Crippen molar-refractivity contribution >= 4 is 5.91 Å². The molecule has 26 heavy (non-hydrogen) atoms. The maximum Gasteiger partial charge on any atom is 0.223 e. The van der Waals surface area contributed by atoms with Crippen LogP contribution in [0.3, 0.4) is 0 Å². The maximum absolute atomic E-state index is 12.6. The van der Waals surface area contributed by atoms with E-state index in [1.54, 1.807) is 7.11 Å². The van der Waals surface area contributed by atoms with Crippen LogP contribution in [0.4, 0.5) is 0 Å². The zero-order valence-electron chi connectivity index (χ0n) is 15.7. The molecule has 0 spiro atoms. The quantitative estimate of drug-likeness (QED) is 0.860. The number of carbonyl (C=O) groups is 1. The highest BCUT2D eigenvalue weighted by Crippen LogP contribution is 2.22. The topological polar surface area (TPSA) is 41.6 Å². The van der Waals surface area contributed by atoms with Gasteiger partial charge in [-0.2, -0.15) is 0 Å². The summed E-state index contributed by atoms with van der Waals surface area (Å²) in [6, 6.07) is 18.4. The van der Waals surface area contributed by atoms with E-state index in [1.165, 1.54) is 5.56 Å². The minimum atomic E-state index is 0.0542. The Kier molecular flexibility index (Phi) is 6.29. The molecule has 138 valence electrons. The summed E-state index contributed by atoms with van der Waals surface area (Å²) in [5.74, 6) is 1.19. The van der Waals surface area contributed by atoms with Gasteiger partial charge in [-0.1, -0.05) is 42.5 Å². The molecule has 1 amide bonds. The average molecular weight is 352 g/mol. The molecule has 1 aliphatic rings. The summed E-state index contributed by atoms with van der Waals surface area (Å²) in [7, 11) is 1.69. The number of methoxy groups -OCH3 is 1. The zero-order valence-corrected chi connectivity index (χ0v) is 15.7. The summed E-state index contributed by atoms with van der Waals surface area (Å²) >= 11 is 0. The van der Waals surface area contributed by atoms with E-state index in [2.05, 4.69) is 34.5 Å². The number of ether oxygens (including phenoxy) is 1. The molecule has 1 N–H and O–H groups in total. The average Bonchev–Trinajstić information content (AvgIpc) is 2.69. The van der Waals surface area contributed by atoms with E-state index in [-0.39, 0.29) is 17.9 Å². The van der Waals surface area contributed by atoms with Crippen molar-refractivity contribution in [2.24, 2.45) is 5.92 Å². The minimum absolute atomic E-state index is 0.0542. The molecular weight excluding hydrogens is 324 g/mol. The first-order valence-corrected chi connectivity index (χ1v) is 9.36. The summed E-state index contributed by atoms with van der Waals surface area (Å²) < 4.78 is 5.29. The molecule has 4 nitrogen and oxygen atoms in total. The van der Waals surface area contributed by atoms with Crippen molar-refractivity contribution in [1.82, 2.24) is 10.2 Å². The molecule has 0 aromatic heterocycles. The van der Waals surface area contributed by atoms with Crippen molar-refractivity contribution in [2.75, 3.05) is 20.2 Å². The van der Waals surface area contributed by atoms with Crippen LogP contribution in [0.25, 0.3) is 0 Å². The Morgan fingerprint density at radius 3 is 2.58 bits per heavy atom. The first kappa shape index (κ1) is 18.5. The highest BCUT2D eigenvalue weighted by molar-refractivity contribution is 5.79. The fourth-order valence-electron chi connectivity index (χ4n) is 3.54. The first-order valence-electron chi connectivity index (χ1n) is 9.36. The largest absolute Gasteiger partial charge is 0.497 e. The van der Waals surface area contributed by atoms with Crippen LogP contribution in [0.15, 0.2) is 54.6 Å². The highest BCUT2D eigenvalue weighted by Gasteiger charge is 2.26. The number of nitrogens with one attached hydrogen (secondary N) is 1. The van der Waals surface area contributed by atoms with Crippen molar-refractivity contribution < 1.29 is 9.53 Å². The molecule has 4 heteroatoms. The number of benzene rings is 2. The number of rotatable bonds is 6.